The summed E-state index contributed by atoms with van der Waals surface area (Å²) >= 11 is 0.838. The predicted molar refractivity (Wildman–Crippen MR) is 77.4 cm³/mol. The highest BCUT2D eigenvalue weighted by molar-refractivity contribution is 7.89. The van der Waals surface area contributed by atoms with E-state index >= 15 is 0 Å². The van der Waals surface area contributed by atoms with Crippen molar-refractivity contribution < 1.29 is 27.4 Å². The predicted octanol–water partition coefficient (Wildman–Crippen LogP) is 1.48. The molecule has 7 nitrogen and oxygen atoms in total. The van der Waals surface area contributed by atoms with Crippen molar-refractivity contribution in [3.8, 4) is 10.8 Å². The van der Waals surface area contributed by atoms with E-state index in [9.17, 15) is 13.2 Å². The second-order valence-corrected chi connectivity index (χ2v) is 6.87. The molecular weight excluding hydrogens is 330 g/mol. The summed E-state index contributed by atoms with van der Waals surface area (Å²) in [4.78, 5) is 11.6. The standard InChI is InChI=1S/C13H11NO6S2/c14-22(16,17)11-9-13(20-7-19-9)21-10(11)12(15)18-6-8-4-2-1-3-5-8/h1-5H,6-7H2,(H2,14,16,17). The minimum absolute atomic E-state index is 0.0218. The smallest absolute Gasteiger partial charge is 0.350 e. The Kier molecular flexibility index (Phi) is 3.77. The number of rotatable bonds is 4. The Balaban J connectivity index is 1.87. The second kappa shape index (κ2) is 5.59. The monoisotopic (exact) mass is 341 g/mol. The van der Waals surface area contributed by atoms with Crippen molar-refractivity contribution in [2.45, 2.75) is 11.5 Å². The van der Waals surface area contributed by atoms with E-state index in [2.05, 4.69) is 0 Å². The van der Waals surface area contributed by atoms with Crippen molar-refractivity contribution in [2.24, 2.45) is 5.14 Å². The Morgan fingerprint density at radius 2 is 2.00 bits per heavy atom. The summed E-state index contributed by atoms with van der Waals surface area (Å²) in [7, 11) is -4.14. The van der Waals surface area contributed by atoms with Gasteiger partial charge in [-0.1, -0.05) is 41.7 Å². The molecule has 0 saturated heterocycles. The highest BCUT2D eigenvalue weighted by Crippen LogP contribution is 2.47. The molecule has 0 bridgehead atoms. The molecule has 0 unspecified atom stereocenters. The van der Waals surface area contributed by atoms with Crippen molar-refractivity contribution >= 4 is 27.3 Å². The number of benzene rings is 1. The maximum atomic E-state index is 12.1. The fourth-order valence-corrected chi connectivity index (χ4v) is 4.09. The lowest BCUT2D eigenvalue weighted by Crippen LogP contribution is -2.17. The molecule has 0 amide bonds. The lowest BCUT2D eigenvalue weighted by atomic mass is 10.2. The third kappa shape index (κ3) is 2.78. The molecule has 22 heavy (non-hydrogen) atoms. The molecule has 0 spiro atoms. The molecule has 0 radical (unpaired) electrons. The zero-order valence-corrected chi connectivity index (χ0v) is 12.8. The number of ether oxygens (including phenoxy) is 3. The third-order valence-corrected chi connectivity index (χ3v) is 5.02. The first-order valence-corrected chi connectivity index (χ1v) is 8.49. The van der Waals surface area contributed by atoms with Gasteiger partial charge in [0, 0.05) is 0 Å². The highest BCUT2D eigenvalue weighted by atomic mass is 32.2. The van der Waals surface area contributed by atoms with Crippen LogP contribution >= 0.6 is 11.3 Å². The molecule has 116 valence electrons. The number of hydrogen-bond acceptors (Lipinski definition) is 7. The van der Waals surface area contributed by atoms with Crippen LogP contribution in [0.25, 0.3) is 0 Å². The topological polar surface area (TPSA) is 105 Å². The lowest BCUT2D eigenvalue weighted by molar-refractivity contribution is 0.0473. The van der Waals surface area contributed by atoms with E-state index in [0.29, 0.717) is 0 Å². The van der Waals surface area contributed by atoms with Crippen LogP contribution in [0.2, 0.25) is 0 Å². The SMILES string of the molecule is NS(=O)(=O)c1c(C(=O)OCc2ccccc2)sc2c1OCO2. The summed E-state index contributed by atoms with van der Waals surface area (Å²) in [6.45, 7) is -0.0863. The minimum atomic E-state index is -4.14. The molecule has 9 heteroatoms. The number of primary sulfonamides is 1. The summed E-state index contributed by atoms with van der Waals surface area (Å²) in [5.74, 6) is -0.821. The van der Waals surface area contributed by atoms with Crippen molar-refractivity contribution in [2.75, 3.05) is 6.79 Å². The van der Waals surface area contributed by atoms with Crippen molar-refractivity contribution in [3.63, 3.8) is 0 Å². The Morgan fingerprint density at radius 1 is 1.27 bits per heavy atom. The van der Waals surface area contributed by atoms with Crippen molar-refractivity contribution in [1.29, 1.82) is 0 Å². The molecule has 0 aliphatic carbocycles. The van der Waals surface area contributed by atoms with E-state index in [4.69, 9.17) is 19.3 Å². The van der Waals surface area contributed by atoms with Gasteiger partial charge in [-0.3, -0.25) is 0 Å². The van der Waals surface area contributed by atoms with Gasteiger partial charge in [-0.2, -0.15) is 0 Å². The van der Waals surface area contributed by atoms with Gasteiger partial charge in [-0.25, -0.2) is 18.4 Å². The largest absolute Gasteiger partial charge is 0.457 e. The minimum Gasteiger partial charge on any atom is -0.457 e. The normalized spacial score (nSPS) is 13.1. The average molecular weight is 341 g/mol. The Bertz CT molecular complexity index is 813. The van der Waals surface area contributed by atoms with Crippen LogP contribution in [0.4, 0.5) is 0 Å². The van der Waals surface area contributed by atoms with Crippen LogP contribution < -0.4 is 14.6 Å². The van der Waals surface area contributed by atoms with Crippen LogP contribution in [0.15, 0.2) is 35.2 Å². The second-order valence-electron chi connectivity index (χ2n) is 4.39. The quantitative estimate of drug-likeness (QED) is 0.845. The maximum Gasteiger partial charge on any atom is 0.350 e. The third-order valence-electron chi connectivity index (χ3n) is 2.87. The van der Waals surface area contributed by atoms with Gasteiger partial charge in [0.1, 0.15) is 11.5 Å². The van der Waals surface area contributed by atoms with Gasteiger partial charge in [0.25, 0.3) is 0 Å². The molecule has 2 heterocycles. The number of thiophene rings is 1. The van der Waals surface area contributed by atoms with Crippen LogP contribution in [0.3, 0.4) is 0 Å². The molecule has 1 aliphatic rings. The summed E-state index contributed by atoms with van der Waals surface area (Å²) in [5.41, 5.74) is 0.782. The molecule has 2 aromatic rings. The number of nitrogens with two attached hydrogens (primary N) is 1. The maximum absolute atomic E-state index is 12.1. The van der Waals surface area contributed by atoms with Gasteiger partial charge in [0.05, 0.1) is 0 Å². The van der Waals surface area contributed by atoms with Gasteiger partial charge < -0.3 is 14.2 Å². The number of fused-ring (bicyclic) bond motifs is 1. The molecule has 3 rings (SSSR count). The fourth-order valence-electron chi connectivity index (χ4n) is 1.92. The zero-order valence-electron chi connectivity index (χ0n) is 11.1. The van der Waals surface area contributed by atoms with E-state index < -0.39 is 16.0 Å². The van der Waals surface area contributed by atoms with Crippen LogP contribution in [0.5, 0.6) is 10.8 Å². The van der Waals surface area contributed by atoms with Crippen LogP contribution in [-0.2, 0) is 21.4 Å². The number of carbonyl (C=O) groups excluding carboxylic acids is 1. The van der Waals surface area contributed by atoms with E-state index in [1.165, 1.54) is 0 Å². The molecule has 1 aromatic heterocycles. The summed E-state index contributed by atoms with van der Waals surface area (Å²) in [5, 5.41) is 5.36. The van der Waals surface area contributed by atoms with E-state index in [1.54, 1.807) is 24.3 Å². The van der Waals surface area contributed by atoms with Crippen LogP contribution in [-0.4, -0.2) is 21.2 Å². The number of esters is 1. The molecular formula is C13H11NO6S2. The number of carbonyl (C=O) groups is 1. The molecule has 0 fully saturated rings. The van der Waals surface area contributed by atoms with Gasteiger partial charge in [0.2, 0.25) is 21.9 Å². The Labute approximate surface area is 130 Å². The first kappa shape index (κ1) is 14.8. The highest BCUT2D eigenvalue weighted by Gasteiger charge is 2.35. The number of hydrogen-bond donors (Lipinski definition) is 1. The summed E-state index contributed by atoms with van der Waals surface area (Å²) in [6, 6.07) is 9.02. The lowest BCUT2D eigenvalue weighted by Gasteiger charge is -2.05. The van der Waals surface area contributed by atoms with Gasteiger partial charge in [-0.15, -0.1) is 0 Å². The van der Waals surface area contributed by atoms with E-state index in [-0.39, 0.29) is 34.0 Å². The van der Waals surface area contributed by atoms with Gasteiger partial charge in [-0.05, 0) is 5.56 Å². The Hall–Kier alpha value is -2.10. The van der Waals surface area contributed by atoms with Crippen molar-refractivity contribution in [3.05, 3.63) is 40.8 Å². The van der Waals surface area contributed by atoms with Gasteiger partial charge >= 0.3 is 5.97 Å². The molecule has 0 atom stereocenters. The van der Waals surface area contributed by atoms with Crippen LogP contribution in [0, 0.1) is 0 Å². The average Bonchev–Trinajstić information content (AvgIpc) is 3.04. The van der Waals surface area contributed by atoms with Crippen molar-refractivity contribution in [1.82, 2.24) is 0 Å². The summed E-state index contributed by atoms with van der Waals surface area (Å²) < 4.78 is 38.7. The fraction of sp³-hybridized carbons (Fsp3) is 0.154. The number of sulfonamides is 1. The first-order chi connectivity index (χ1) is 10.5. The zero-order chi connectivity index (χ0) is 15.7. The van der Waals surface area contributed by atoms with Crippen LogP contribution in [0.1, 0.15) is 15.2 Å². The molecule has 1 aliphatic heterocycles. The summed E-state index contributed by atoms with van der Waals surface area (Å²) in [6.07, 6.45) is 0. The first-order valence-electron chi connectivity index (χ1n) is 6.13. The van der Waals surface area contributed by atoms with E-state index in [0.717, 1.165) is 16.9 Å². The van der Waals surface area contributed by atoms with Gasteiger partial charge in [0.15, 0.2) is 10.6 Å². The van der Waals surface area contributed by atoms with E-state index in [1.807, 2.05) is 6.07 Å². The molecule has 0 saturated carbocycles. The molecule has 2 N–H and O–H groups in total. The Morgan fingerprint density at radius 3 is 2.68 bits per heavy atom. The molecule has 1 aromatic carbocycles.